The van der Waals surface area contributed by atoms with Crippen LogP contribution in [0.1, 0.15) is 40.0 Å². The Balaban J connectivity index is 3.67. The fourth-order valence-electron chi connectivity index (χ4n) is 0.876. The number of aliphatic carboxylic acids is 1. The van der Waals surface area contributed by atoms with E-state index in [1.165, 1.54) is 6.42 Å². The monoisotopic (exact) mass is 170 g/mol. The molecule has 2 heteroatoms. The van der Waals surface area contributed by atoms with E-state index in [0.29, 0.717) is 11.5 Å². The van der Waals surface area contributed by atoms with Crippen LogP contribution in [0.15, 0.2) is 11.6 Å². The summed E-state index contributed by atoms with van der Waals surface area (Å²) in [5, 5.41) is 8.54. The van der Waals surface area contributed by atoms with Crippen molar-refractivity contribution < 1.29 is 9.90 Å². The highest BCUT2D eigenvalue weighted by Gasteiger charge is 2.00. The van der Waals surface area contributed by atoms with Gasteiger partial charge >= 0.3 is 5.97 Å². The minimum atomic E-state index is -0.806. The van der Waals surface area contributed by atoms with Crippen LogP contribution < -0.4 is 0 Å². The number of rotatable bonds is 5. The summed E-state index contributed by atoms with van der Waals surface area (Å²) in [7, 11) is 0. The van der Waals surface area contributed by atoms with E-state index >= 15 is 0 Å². The van der Waals surface area contributed by atoms with Crippen molar-refractivity contribution in [1.29, 1.82) is 0 Å². The summed E-state index contributed by atoms with van der Waals surface area (Å²) in [4.78, 5) is 10.4. The molecule has 0 aromatic heterocycles. The molecule has 0 fully saturated rings. The maximum Gasteiger partial charge on any atom is 0.330 e. The van der Waals surface area contributed by atoms with Crippen LogP contribution in [0.5, 0.6) is 0 Å². The van der Waals surface area contributed by atoms with E-state index in [-0.39, 0.29) is 0 Å². The Hall–Kier alpha value is -0.790. The van der Waals surface area contributed by atoms with E-state index in [1.54, 1.807) is 13.0 Å². The summed E-state index contributed by atoms with van der Waals surface area (Å²) in [5.74, 6) is -0.109. The van der Waals surface area contributed by atoms with Gasteiger partial charge in [0.15, 0.2) is 0 Å². The lowest BCUT2D eigenvalue weighted by molar-refractivity contribution is -0.132. The zero-order valence-electron chi connectivity index (χ0n) is 8.13. The Morgan fingerprint density at radius 2 is 2.17 bits per heavy atom. The molecule has 0 saturated heterocycles. The predicted molar refractivity (Wildman–Crippen MR) is 50.1 cm³/mol. The van der Waals surface area contributed by atoms with Crippen LogP contribution in [0.3, 0.4) is 0 Å². The first-order valence-electron chi connectivity index (χ1n) is 4.48. The molecular formula is C10H18O2. The Bertz CT molecular complexity index is 171. The molecular weight excluding hydrogens is 152 g/mol. The highest BCUT2D eigenvalue weighted by molar-refractivity contribution is 5.85. The van der Waals surface area contributed by atoms with Crippen LogP contribution in [0.25, 0.3) is 0 Å². The van der Waals surface area contributed by atoms with Crippen molar-refractivity contribution in [2.45, 2.75) is 40.0 Å². The molecule has 70 valence electrons. The molecule has 0 aliphatic heterocycles. The third-order valence-electron chi connectivity index (χ3n) is 2.14. The molecule has 0 amide bonds. The summed E-state index contributed by atoms with van der Waals surface area (Å²) in [6.07, 6.45) is 4.93. The Morgan fingerprint density at radius 1 is 1.58 bits per heavy atom. The van der Waals surface area contributed by atoms with Crippen LogP contribution in [-0.4, -0.2) is 11.1 Å². The fraction of sp³-hybridized carbons (Fsp3) is 0.700. The molecule has 0 aliphatic rings. The molecule has 1 unspecified atom stereocenters. The van der Waals surface area contributed by atoms with Gasteiger partial charge in [-0.2, -0.15) is 0 Å². The largest absolute Gasteiger partial charge is 0.478 e. The third kappa shape index (κ3) is 4.94. The number of hydrogen-bond donors (Lipinski definition) is 1. The van der Waals surface area contributed by atoms with Gasteiger partial charge in [-0.15, -0.1) is 0 Å². The van der Waals surface area contributed by atoms with Gasteiger partial charge in [0, 0.05) is 5.57 Å². The van der Waals surface area contributed by atoms with Crippen molar-refractivity contribution in [2.24, 2.45) is 5.92 Å². The molecule has 0 radical (unpaired) electrons. The molecule has 0 bridgehead atoms. The van der Waals surface area contributed by atoms with Crippen molar-refractivity contribution in [3.8, 4) is 0 Å². The molecule has 0 spiro atoms. The van der Waals surface area contributed by atoms with Crippen LogP contribution in [-0.2, 0) is 4.79 Å². The summed E-state index contributed by atoms with van der Waals surface area (Å²) < 4.78 is 0. The number of carboxylic acid groups (broad SMARTS) is 1. The second kappa shape index (κ2) is 5.81. The Labute approximate surface area is 74.3 Å². The zero-order valence-corrected chi connectivity index (χ0v) is 8.13. The molecule has 0 rings (SSSR count). The third-order valence-corrected chi connectivity index (χ3v) is 2.14. The van der Waals surface area contributed by atoms with Crippen molar-refractivity contribution >= 4 is 5.97 Å². The summed E-state index contributed by atoms with van der Waals surface area (Å²) >= 11 is 0. The van der Waals surface area contributed by atoms with E-state index < -0.39 is 5.97 Å². The number of carbonyl (C=O) groups is 1. The van der Waals surface area contributed by atoms with E-state index in [2.05, 4.69) is 13.8 Å². The molecule has 2 nitrogen and oxygen atoms in total. The molecule has 0 aromatic rings. The van der Waals surface area contributed by atoms with Gasteiger partial charge in [-0.25, -0.2) is 4.79 Å². The first-order chi connectivity index (χ1) is 5.57. The van der Waals surface area contributed by atoms with Gasteiger partial charge < -0.3 is 5.11 Å². The lowest BCUT2D eigenvalue weighted by atomic mass is 10.0. The number of carboxylic acids is 1. The molecule has 1 atom stereocenters. The maximum atomic E-state index is 10.4. The molecule has 0 aromatic carbocycles. The summed E-state index contributed by atoms with van der Waals surface area (Å²) in [6.45, 7) is 5.97. The van der Waals surface area contributed by atoms with Crippen molar-refractivity contribution in [1.82, 2.24) is 0 Å². The van der Waals surface area contributed by atoms with E-state index in [9.17, 15) is 4.79 Å². The average Bonchev–Trinajstić information content (AvgIpc) is 2.03. The smallest absolute Gasteiger partial charge is 0.330 e. The molecule has 0 heterocycles. The first kappa shape index (κ1) is 11.2. The fourth-order valence-corrected chi connectivity index (χ4v) is 0.876. The lowest BCUT2D eigenvalue weighted by Crippen LogP contribution is -1.96. The highest BCUT2D eigenvalue weighted by Crippen LogP contribution is 2.10. The average molecular weight is 170 g/mol. The minimum Gasteiger partial charge on any atom is -0.478 e. The molecule has 12 heavy (non-hydrogen) atoms. The van der Waals surface area contributed by atoms with Crippen molar-refractivity contribution in [3.63, 3.8) is 0 Å². The minimum absolute atomic E-state index is 0.457. The van der Waals surface area contributed by atoms with Crippen LogP contribution in [0.2, 0.25) is 0 Å². The quantitative estimate of drug-likeness (QED) is 0.644. The first-order valence-corrected chi connectivity index (χ1v) is 4.48. The lowest BCUT2D eigenvalue weighted by Gasteiger charge is -2.04. The van der Waals surface area contributed by atoms with E-state index in [4.69, 9.17) is 5.11 Å². The van der Waals surface area contributed by atoms with Crippen molar-refractivity contribution in [3.05, 3.63) is 11.6 Å². The number of allylic oxidation sites excluding steroid dienone is 1. The standard InChI is InChI=1S/C10H18O2/c1-4-8(2)6-5-7-9(3)10(11)12/h7-8H,4-6H2,1-3H3,(H,11,12)/b9-7+. The summed E-state index contributed by atoms with van der Waals surface area (Å²) in [5.41, 5.74) is 0.457. The second-order valence-electron chi connectivity index (χ2n) is 3.28. The maximum absolute atomic E-state index is 10.4. The highest BCUT2D eigenvalue weighted by atomic mass is 16.4. The molecule has 1 N–H and O–H groups in total. The van der Waals surface area contributed by atoms with Crippen LogP contribution in [0, 0.1) is 5.92 Å². The van der Waals surface area contributed by atoms with Gasteiger partial charge in [0.1, 0.15) is 0 Å². The van der Waals surface area contributed by atoms with Gasteiger partial charge in [-0.3, -0.25) is 0 Å². The van der Waals surface area contributed by atoms with Gasteiger partial charge in [0.25, 0.3) is 0 Å². The topological polar surface area (TPSA) is 37.3 Å². The van der Waals surface area contributed by atoms with E-state index in [1.807, 2.05) is 0 Å². The normalized spacial score (nSPS) is 14.4. The number of hydrogen-bond acceptors (Lipinski definition) is 1. The van der Waals surface area contributed by atoms with E-state index in [0.717, 1.165) is 12.8 Å². The van der Waals surface area contributed by atoms with Gasteiger partial charge in [-0.05, 0) is 25.7 Å². The molecule has 0 aliphatic carbocycles. The molecule has 0 saturated carbocycles. The van der Waals surface area contributed by atoms with Crippen LogP contribution in [0.4, 0.5) is 0 Å². The predicted octanol–water partition coefficient (Wildman–Crippen LogP) is 2.84. The SMILES string of the molecule is CCC(C)CC/C=C(\C)C(=O)O. The Kier molecular flexibility index (Phi) is 5.43. The van der Waals surface area contributed by atoms with Gasteiger partial charge in [0.05, 0.1) is 0 Å². The van der Waals surface area contributed by atoms with Crippen LogP contribution >= 0.6 is 0 Å². The van der Waals surface area contributed by atoms with Gasteiger partial charge in [0.2, 0.25) is 0 Å². The Morgan fingerprint density at radius 3 is 2.58 bits per heavy atom. The van der Waals surface area contributed by atoms with Gasteiger partial charge in [-0.1, -0.05) is 26.3 Å². The second-order valence-corrected chi connectivity index (χ2v) is 3.28. The van der Waals surface area contributed by atoms with Crippen molar-refractivity contribution in [2.75, 3.05) is 0 Å². The summed E-state index contributed by atoms with van der Waals surface area (Å²) in [6, 6.07) is 0. The zero-order chi connectivity index (χ0) is 9.56.